The van der Waals surface area contributed by atoms with E-state index in [1.165, 1.54) is 24.4 Å². The number of imidazole rings is 1. The van der Waals surface area contributed by atoms with E-state index in [-0.39, 0.29) is 39.7 Å². The highest BCUT2D eigenvalue weighted by Crippen LogP contribution is 2.34. The van der Waals surface area contributed by atoms with E-state index in [0.717, 1.165) is 40.6 Å². The monoisotopic (exact) mass is 664 g/mol. The lowest BCUT2D eigenvalue weighted by molar-refractivity contribution is 0.0921. The summed E-state index contributed by atoms with van der Waals surface area (Å²) in [6, 6.07) is 19.1. The molecule has 0 bridgehead atoms. The number of amides is 1. The van der Waals surface area contributed by atoms with E-state index in [1.54, 1.807) is 29.2 Å². The molecule has 0 spiro atoms. The van der Waals surface area contributed by atoms with E-state index >= 15 is 0 Å². The van der Waals surface area contributed by atoms with Crippen LogP contribution in [0.3, 0.4) is 0 Å². The van der Waals surface area contributed by atoms with Crippen molar-refractivity contribution in [2.45, 2.75) is 49.6 Å². The molecule has 7 rings (SSSR count). The maximum absolute atomic E-state index is 14.7. The molecule has 2 aromatic carbocycles. The molecule has 1 aliphatic rings. The molecule has 244 valence electrons. The molecule has 1 amide bonds. The Morgan fingerprint density at radius 2 is 1.73 bits per heavy atom. The van der Waals surface area contributed by atoms with Crippen LogP contribution in [-0.4, -0.2) is 54.9 Å². The van der Waals surface area contributed by atoms with Crippen LogP contribution in [0.25, 0.3) is 33.7 Å². The SMILES string of the molecule is Cc1ccc(S(=O)(=O)n2cc(-c3nc(N[C@@H]4CCC[C@H](NC(=O)c5cn(C)cn5)C4)cc(-c4ccccc4)n3)c3cc(F)cnc32)cc1. The summed E-state index contributed by atoms with van der Waals surface area (Å²) in [5.74, 6) is -0.0975. The number of nitrogens with zero attached hydrogens (tertiary/aromatic N) is 6. The molecule has 6 aromatic rings. The van der Waals surface area contributed by atoms with Crippen LogP contribution in [0.1, 0.15) is 41.7 Å². The van der Waals surface area contributed by atoms with Crippen molar-refractivity contribution >= 4 is 32.8 Å². The number of fused-ring (bicyclic) bond motifs is 1. The number of hydrogen-bond acceptors (Lipinski definition) is 8. The summed E-state index contributed by atoms with van der Waals surface area (Å²) < 4.78 is 45.2. The largest absolute Gasteiger partial charge is 0.367 e. The van der Waals surface area contributed by atoms with E-state index in [9.17, 15) is 17.6 Å². The van der Waals surface area contributed by atoms with Gasteiger partial charge >= 0.3 is 0 Å². The van der Waals surface area contributed by atoms with Crippen molar-refractivity contribution in [2.75, 3.05) is 5.32 Å². The lowest BCUT2D eigenvalue weighted by Gasteiger charge is -2.30. The smallest absolute Gasteiger partial charge is 0.271 e. The number of carbonyl (C=O) groups is 1. The van der Waals surface area contributed by atoms with Gasteiger partial charge in [-0.3, -0.25) is 4.79 Å². The van der Waals surface area contributed by atoms with E-state index in [1.807, 2.05) is 50.4 Å². The van der Waals surface area contributed by atoms with Crippen molar-refractivity contribution in [2.24, 2.45) is 7.05 Å². The number of aromatic nitrogens is 6. The average Bonchev–Trinajstić information content (AvgIpc) is 3.69. The summed E-state index contributed by atoms with van der Waals surface area (Å²) in [6.45, 7) is 1.87. The Balaban J connectivity index is 1.26. The van der Waals surface area contributed by atoms with E-state index in [0.29, 0.717) is 29.2 Å². The molecule has 11 nitrogen and oxygen atoms in total. The van der Waals surface area contributed by atoms with Gasteiger partial charge in [0, 0.05) is 54.1 Å². The third kappa shape index (κ3) is 6.28. The topological polar surface area (TPSA) is 137 Å². The first-order chi connectivity index (χ1) is 23.1. The number of aryl methyl sites for hydroxylation is 2. The fourth-order valence-corrected chi connectivity index (χ4v) is 7.41. The van der Waals surface area contributed by atoms with Crippen molar-refractivity contribution in [1.29, 1.82) is 0 Å². The van der Waals surface area contributed by atoms with E-state index in [4.69, 9.17) is 9.97 Å². The normalized spacial score (nSPS) is 16.6. The standard InChI is InChI=1S/C35H33FN8O3S/c1-22-11-13-27(14-12-22)48(46,47)44-19-29(28-15-24(36)18-37-34(28)44)33-41-30(23-7-4-3-5-8-23)17-32(42-33)39-25-9-6-10-26(16-25)40-35(45)31-20-43(2)21-38-31/h3-5,7-8,11-15,17-21,25-26H,6,9-10,16H2,1-2H3,(H,40,45)(H,39,41,42)/t25-,26+/m1/s1. The van der Waals surface area contributed by atoms with Crippen LogP contribution in [-0.2, 0) is 17.1 Å². The molecule has 4 heterocycles. The zero-order chi connectivity index (χ0) is 33.4. The summed E-state index contributed by atoms with van der Waals surface area (Å²) in [7, 11) is -2.27. The van der Waals surface area contributed by atoms with Gasteiger partial charge in [-0.1, -0.05) is 48.0 Å². The first-order valence-corrected chi connectivity index (χ1v) is 17.1. The van der Waals surface area contributed by atoms with Gasteiger partial charge in [0.15, 0.2) is 11.5 Å². The van der Waals surface area contributed by atoms with Gasteiger partial charge in [-0.15, -0.1) is 0 Å². The Morgan fingerprint density at radius 3 is 2.48 bits per heavy atom. The van der Waals surface area contributed by atoms with Gasteiger partial charge < -0.3 is 15.2 Å². The number of nitrogens with one attached hydrogen (secondary N) is 2. The first kappa shape index (κ1) is 31.2. The second-order valence-corrected chi connectivity index (χ2v) is 13.9. The Hall–Kier alpha value is -5.43. The molecule has 0 unspecified atom stereocenters. The number of anilines is 1. The van der Waals surface area contributed by atoms with Crippen LogP contribution < -0.4 is 10.6 Å². The van der Waals surface area contributed by atoms with Gasteiger partial charge in [0.05, 0.1) is 23.1 Å². The third-order valence-corrected chi connectivity index (χ3v) is 10.2. The molecule has 1 fully saturated rings. The van der Waals surface area contributed by atoms with E-state index < -0.39 is 15.8 Å². The molecular weight excluding hydrogens is 632 g/mol. The number of hydrogen-bond donors (Lipinski definition) is 2. The highest BCUT2D eigenvalue weighted by Gasteiger charge is 2.27. The van der Waals surface area contributed by atoms with Crippen LogP contribution in [0.2, 0.25) is 0 Å². The van der Waals surface area contributed by atoms with Gasteiger partial charge in [-0.25, -0.2) is 36.7 Å². The van der Waals surface area contributed by atoms with Crippen molar-refractivity contribution in [1.82, 2.24) is 33.8 Å². The summed E-state index contributed by atoms with van der Waals surface area (Å²) in [4.78, 5) is 30.9. The maximum Gasteiger partial charge on any atom is 0.271 e. The van der Waals surface area contributed by atoms with Crippen molar-refractivity contribution < 1.29 is 17.6 Å². The molecule has 0 aliphatic heterocycles. The maximum atomic E-state index is 14.7. The Kier molecular flexibility index (Phi) is 8.21. The molecule has 1 saturated carbocycles. The van der Waals surface area contributed by atoms with Gasteiger partial charge in [0.1, 0.15) is 17.3 Å². The van der Waals surface area contributed by atoms with Crippen LogP contribution >= 0.6 is 0 Å². The van der Waals surface area contributed by atoms with Gasteiger partial charge in [0.2, 0.25) is 0 Å². The summed E-state index contributed by atoms with van der Waals surface area (Å²) in [5.41, 5.74) is 3.10. The molecule has 48 heavy (non-hydrogen) atoms. The van der Waals surface area contributed by atoms with Crippen molar-refractivity contribution in [3.8, 4) is 22.6 Å². The lowest BCUT2D eigenvalue weighted by Crippen LogP contribution is -2.42. The fraction of sp³-hybridized carbons (Fsp3) is 0.229. The van der Waals surface area contributed by atoms with Crippen LogP contribution in [0, 0.1) is 12.7 Å². The van der Waals surface area contributed by atoms with Crippen molar-refractivity contribution in [3.05, 3.63) is 109 Å². The second kappa shape index (κ2) is 12.6. The predicted molar refractivity (Wildman–Crippen MR) is 180 cm³/mol. The molecule has 0 radical (unpaired) electrons. The quantitative estimate of drug-likeness (QED) is 0.211. The number of rotatable bonds is 8. The predicted octanol–water partition coefficient (Wildman–Crippen LogP) is 5.73. The third-order valence-electron chi connectivity index (χ3n) is 8.49. The number of benzene rings is 2. The zero-order valence-electron chi connectivity index (χ0n) is 26.3. The number of carbonyl (C=O) groups excluding carboxylic acids is 1. The second-order valence-electron chi connectivity index (χ2n) is 12.1. The highest BCUT2D eigenvalue weighted by atomic mass is 32.2. The minimum Gasteiger partial charge on any atom is -0.367 e. The van der Waals surface area contributed by atoms with Crippen molar-refractivity contribution in [3.63, 3.8) is 0 Å². The molecule has 4 aromatic heterocycles. The van der Waals surface area contributed by atoms with Crippen LogP contribution in [0.4, 0.5) is 10.2 Å². The minimum absolute atomic E-state index is 0.0125. The molecule has 0 saturated heterocycles. The van der Waals surface area contributed by atoms with Crippen LogP contribution in [0.5, 0.6) is 0 Å². The lowest BCUT2D eigenvalue weighted by atomic mass is 9.91. The molecular formula is C35H33FN8O3S. The highest BCUT2D eigenvalue weighted by molar-refractivity contribution is 7.90. The first-order valence-electron chi connectivity index (χ1n) is 15.6. The Bertz CT molecular complexity index is 2230. The molecule has 2 N–H and O–H groups in total. The van der Waals surface area contributed by atoms with Gasteiger partial charge in [-0.2, -0.15) is 0 Å². The molecule has 13 heteroatoms. The Morgan fingerprint density at radius 1 is 0.958 bits per heavy atom. The minimum atomic E-state index is -4.09. The fourth-order valence-electron chi connectivity index (χ4n) is 6.09. The van der Waals surface area contributed by atoms with Gasteiger partial charge in [-0.05, 0) is 50.8 Å². The molecule has 1 aliphatic carbocycles. The number of pyridine rings is 1. The van der Waals surface area contributed by atoms with E-state index in [2.05, 4.69) is 20.6 Å². The zero-order valence-corrected chi connectivity index (χ0v) is 27.2. The van der Waals surface area contributed by atoms with Gasteiger partial charge in [0.25, 0.3) is 15.9 Å². The number of halogens is 1. The summed E-state index contributed by atoms with van der Waals surface area (Å²) in [6.07, 6.45) is 8.94. The average molecular weight is 665 g/mol. The molecule has 2 atom stereocenters. The van der Waals surface area contributed by atoms with Crippen LogP contribution in [0.15, 0.2) is 96.5 Å². The summed E-state index contributed by atoms with van der Waals surface area (Å²) >= 11 is 0. The Labute approximate surface area is 277 Å². The summed E-state index contributed by atoms with van der Waals surface area (Å²) in [5, 5.41) is 6.91.